The van der Waals surface area contributed by atoms with Gasteiger partial charge in [0.05, 0.1) is 0 Å². The van der Waals surface area contributed by atoms with Crippen molar-refractivity contribution in [1.29, 1.82) is 0 Å². The van der Waals surface area contributed by atoms with Gasteiger partial charge in [0.25, 0.3) is 0 Å². The highest BCUT2D eigenvalue weighted by molar-refractivity contribution is 14.1. The maximum Gasteiger partial charge on any atom is 0.414 e. The van der Waals surface area contributed by atoms with E-state index in [9.17, 15) is 9.59 Å². The average Bonchev–Trinajstić information content (AvgIpc) is 3.04. The molecule has 0 aromatic heterocycles. The van der Waals surface area contributed by atoms with Crippen LogP contribution in [0.25, 0.3) is 0 Å². The molecule has 1 saturated heterocycles. The van der Waals surface area contributed by atoms with Gasteiger partial charge < -0.3 is 9.47 Å². The summed E-state index contributed by atoms with van der Waals surface area (Å²) in [6.45, 7) is 1.85. The molecule has 4 rings (SSSR count). The molecule has 0 radical (unpaired) electrons. The lowest BCUT2D eigenvalue weighted by Crippen LogP contribution is -2.51. The molecular formula is C25H22INO4. The number of carbonyl (C=O) groups excluding carboxylic acids is 2. The molecule has 1 amide bonds. The quantitative estimate of drug-likeness (QED) is 0.326. The Hall–Kier alpha value is -2.87. The predicted octanol–water partition coefficient (Wildman–Crippen LogP) is 5.49. The standard InChI is InChI=1S/C25H22INO4/c1-25(16-19-11-8-14-21(26)15-19)23(28)31-22(20-12-6-3-7-13-20)27(25)24(29)30-17-18-9-4-2-5-10-18/h2-15,22H,16-17H2,1H3/t22-,25+/m0/s1. The van der Waals surface area contributed by atoms with Crippen LogP contribution in [0.15, 0.2) is 84.9 Å². The molecule has 3 aromatic carbocycles. The summed E-state index contributed by atoms with van der Waals surface area (Å²) in [5.74, 6) is -0.447. The van der Waals surface area contributed by atoms with E-state index in [4.69, 9.17) is 9.47 Å². The van der Waals surface area contributed by atoms with Crippen LogP contribution < -0.4 is 0 Å². The summed E-state index contributed by atoms with van der Waals surface area (Å²) in [5, 5.41) is 0. The molecule has 0 N–H and O–H groups in total. The van der Waals surface area contributed by atoms with Crippen molar-refractivity contribution in [1.82, 2.24) is 4.90 Å². The monoisotopic (exact) mass is 527 g/mol. The van der Waals surface area contributed by atoms with E-state index < -0.39 is 23.8 Å². The van der Waals surface area contributed by atoms with Crippen LogP contribution in [-0.4, -0.2) is 22.5 Å². The third-order valence-electron chi connectivity index (χ3n) is 5.35. The molecule has 2 atom stereocenters. The van der Waals surface area contributed by atoms with Crippen molar-refractivity contribution in [3.8, 4) is 0 Å². The van der Waals surface area contributed by atoms with E-state index in [-0.39, 0.29) is 6.61 Å². The highest BCUT2D eigenvalue weighted by Crippen LogP contribution is 2.40. The first-order valence-corrected chi connectivity index (χ1v) is 11.1. The van der Waals surface area contributed by atoms with Gasteiger partial charge in [0, 0.05) is 15.6 Å². The van der Waals surface area contributed by atoms with Gasteiger partial charge in [-0.2, -0.15) is 0 Å². The number of esters is 1. The van der Waals surface area contributed by atoms with E-state index in [1.807, 2.05) is 84.9 Å². The van der Waals surface area contributed by atoms with Gasteiger partial charge in [-0.05, 0) is 52.8 Å². The van der Waals surface area contributed by atoms with Crippen LogP contribution in [0.4, 0.5) is 4.79 Å². The third kappa shape index (κ3) is 4.58. The first-order valence-electron chi connectivity index (χ1n) is 9.98. The van der Waals surface area contributed by atoms with Gasteiger partial charge in [0.2, 0.25) is 6.23 Å². The lowest BCUT2D eigenvalue weighted by molar-refractivity contribution is -0.145. The second-order valence-corrected chi connectivity index (χ2v) is 8.90. The van der Waals surface area contributed by atoms with E-state index in [1.54, 1.807) is 6.92 Å². The summed E-state index contributed by atoms with van der Waals surface area (Å²) >= 11 is 2.23. The fraction of sp³-hybridized carbons (Fsp3) is 0.200. The predicted molar refractivity (Wildman–Crippen MR) is 125 cm³/mol. The van der Waals surface area contributed by atoms with Gasteiger partial charge in [-0.15, -0.1) is 0 Å². The van der Waals surface area contributed by atoms with Gasteiger partial charge in [0.1, 0.15) is 12.1 Å². The fourth-order valence-electron chi connectivity index (χ4n) is 3.76. The Morgan fingerprint density at radius 1 is 1.00 bits per heavy atom. The largest absolute Gasteiger partial charge is 0.444 e. The number of rotatable bonds is 5. The van der Waals surface area contributed by atoms with Crippen LogP contribution in [0.2, 0.25) is 0 Å². The van der Waals surface area contributed by atoms with Crippen molar-refractivity contribution in [3.63, 3.8) is 0 Å². The minimum absolute atomic E-state index is 0.116. The molecule has 6 heteroatoms. The highest BCUT2D eigenvalue weighted by Gasteiger charge is 2.55. The molecule has 0 unspecified atom stereocenters. The van der Waals surface area contributed by atoms with Crippen molar-refractivity contribution in [2.75, 3.05) is 0 Å². The summed E-state index contributed by atoms with van der Waals surface area (Å²) in [6.07, 6.45) is -1.10. The summed E-state index contributed by atoms with van der Waals surface area (Å²) < 4.78 is 12.4. The number of hydrogen-bond acceptors (Lipinski definition) is 4. The number of ether oxygens (including phenoxy) is 2. The van der Waals surface area contributed by atoms with Crippen LogP contribution in [0.1, 0.15) is 29.8 Å². The van der Waals surface area contributed by atoms with E-state index in [2.05, 4.69) is 22.6 Å². The molecule has 0 spiro atoms. The zero-order valence-corrected chi connectivity index (χ0v) is 19.2. The van der Waals surface area contributed by atoms with Gasteiger partial charge in [-0.1, -0.05) is 72.8 Å². The molecule has 5 nitrogen and oxygen atoms in total. The normalized spacial score (nSPS) is 20.4. The lowest BCUT2D eigenvalue weighted by Gasteiger charge is -2.33. The Morgan fingerprint density at radius 3 is 2.32 bits per heavy atom. The first-order chi connectivity index (χ1) is 15.0. The molecule has 31 heavy (non-hydrogen) atoms. The van der Waals surface area contributed by atoms with Gasteiger partial charge in [-0.25, -0.2) is 9.59 Å². The van der Waals surface area contributed by atoms with Crippen molar-refractivity contribution < 1.29 is 19.1 Å². The maximum atomic E-state index is 13.3. The minimum Gasteiger partial charge on any atom is -0.444 e. The van der Waals surface area contributed by atoms with Crippen LogP contribution in [-0.2, 0) is 27.3 Å². The number of nitrogens with zero attached hydrogens (tertiary/aromatic N) is 1. The summed E-state index contributed by atoms with van der Waals surface area (Å²) in [7, 11) is 0. The lowest BCUT2D eigenvalue weighted by atomic mass is 9.91. The Labute approximate surface area is 195 Å². The SMILES string of the molecule is C[C@@]1(Cc2cccc(I)c2)C(=O)O[C@@H](c2ccccc2)N1C(=O)OCc1ccccc1. The molecule has 158 valence electrons. The van der Waals surface area contributed by atoms with E-state index in [1.165, 1.54) is 4.90 Å². The first kappa shape index (κ1) is 21.4. The van der Waals surface area contributed by atoms with Gasteiger partial charge in [0.15, 0.2) is 0 Å². The summed E-state index contributed by atoms with van der Waals surface area (Å²) in [4.78, 5) is 27.8. The van der Waals surface area contributed by atoms with E-state index in [0.717, 1.165) is 20.3 Å². The summed E-state index contributed by atoms with van der Waals surface area (Å²) in [5.41, 5.74) is 1.34. The second kappa shape index (κ2) is 9.09. The fourth-order valence-corrected chi connectivity index (χ4v) is 4.37. The molecule has 1 heterocycles. The number of cyclic esters (lactones) is 1. The molecule has 1 aliphatic rings. The molecule has 0 saturated carbocycles. The Morgan fingerprint density at radius 2 is 1.65 bits per heavy atom. The second-order valence-electron chi connectivity index (χ2n) is 7.66. The van der Waals surface area contributed by atoms with Crippen molar-refractivity contribution in [2.45, 2.75) is 31.7 Å². The average molecular weight is 527 g/mol. The number of halogens is 1. The number of hydrogen-bond donors (Lipinski definition) is 0. The minimum atomic E-state index is -1.20. The smallest absolute Gasteiger partial charge is 0.414 e. The molecule has 3 aromatic rings. The molecular weight excluding hydrogens is 505 g/mol. The van der Waals surface area contributed by atoms with Gasteiger partial charge >= 0.3 is 12.1 Å². The Bertz CT molecular complexity index is 1070. The Kier molecular flexibility index (Phi) is 6.27. The number of benzene rings is 3. The van der Waals surface area contributed by atoms with Crippen molar-refractivity contribution in [3.05, 3.63) is 105 Å². The van der Waals surface area contributed by atoms with Crippen molar-refractivity contribution in [2.24, 2.45) is 0 Å². The topological polar surface area (TPSA) is 55.8 Å². The molecule has 0 aliphatic carbocycles. The van der Waals surface area contributed by atoms with Crippen LogP contribution >= 0.6 is 22.6 Å². The zero-order chi connectivity index (χ0) is 21.8. The van der Waals surface area contributed by atoms with Crippen LogP contribution in [0.5, 0.6) is 0 Å². The van der Waals surface area contributed by atoms with E-state index in [0.29, 0.717) is 6.42 Å². The molecule has 0 bridgehead atoms. The van der Waals surface area contributed by atoms with E-state index >= 15 is 0 Å². The number of amides is 1. The highest BCUT2D eigenvalue weighted by atomic mass is 127. The number of carbonyl (C=O) groups is 2. The summed E-state index contributed by atoms with van der Waals surface area (Å²) in [6, 6.07) is 26.6. The molecule has 1 fully saturated rings. The van der Waals surface area contributed by atoms with Crippen molar-refractivity contribution >= 4 is 34.7 Å². The molecule has 1 aliphatic heterocycles. The maximum absolute atomic E-state index is 13.3. The zero-order valence-electron chi connectivity index (χ0n) is 17.0. The van der Waals surface area contributed by atoms with Crippen LogP contribution in [0.3, 0.4) is 0 Å². The van der Waals surface area contributed by atoms with Gasteiger partial charge in [-0.3, -0.25) is 4.90 Å². The Balaban J connectivity index is 1.66. The third-order valence-corrected chi connectivity index (χ3v) is 6.02. The van der Waals surface area contributed by atoms with Crippen LogP contribution in [0, 0.1) is 3.57 Å².